The first-order chi connectivity index (χ1) is 9.32. The molecule has 0 spiro atoms. The van der Waals surface area contributed by atoms with Crippen molar-refractivity contribution in [3.05, 3.63) is 11.1 Å². The topological polar surface area (TPSA) is 80.3 Å². The summed E-state index contributed by atoms with van der Waals surface area (Å²) in [5.74, 6) is -0.184. The molecule has 1 aromatic rings. The van der Waals surface area contributed by atoms with E-state index >= 15 is 0 Å². The monoisotopic (exact) mass is 299 g/mol. The van der Waals surface area contributed by atoms with E-state index in [0.29, 0.717) is 11.7 Å². The summed E-state index contributed by atoms with van der Waals surface area (Å²) in [4.78, 5) is 27.1. The number of aromatic nitrogens is 1. The van der Waals surface area contributed by atoms with Gasteiger partial charge in [0.25, 0.3) is 0 Å². The fraction of sp³-hybridized carbons (Fsp3) is 0.615. The first-order valence-electron chi connectivity index (χ1n) is 6.49. The predicted molar refractivity (Wildman–Crippen MR) is 79.1 cm³/mol. The van der Waals surface area contributed by atoms with Gasteiger partial charge in [0.05, 0.1) is 12.3 Å². The van der Waals surface area contributed by atoms with Crippen LogP contribution in [0.5, 0.6) is 0 Å². The Bertz CT molecular complexity index is 466. The Balaban J connectivity index is 2.36. The fourth-order valence-corrected chi connectivity index (χ4v) is 2.27. The minimum absolute atomic E-state index is 0.0368. The molecule has 20 heavy (non-hydrogen) atoms. The number of rotatable bonds is 5. The number of hydrogen-bond acceptors (Lipinski definition) is 5. The molecule has 112 valence electrons. The third kappa shape index (κ3) is 5.56. The van der Waals surface area contributed by atoms with Crippen LogP contribution in [0.3, 0.4) is 0 Å². The number of carbonyl (C=O) groups excluding carboxylic acids is 2. The van der Waals surface area contributed by atoms with Crippen molar-refractivity contribution in [1.82, 2.24) is 10.3 Å². The zero-order valence-electron chi connectivity index (χ0n) is 12.3. The number of nitrogens with one attached hydrogen (secondary N) is 2. The van der Waals surface area contributed by atoms with Crippen LogP contribution in [0.15, 0.2) is 5.38 Å². The van der Waals surface area contributed by atoms with Gasteiger partial charge in [0.15, 0.2) is 5.13 Å². The second-order valence-corrected chi connectivity index (χ2v) is 6.09. The summed E-state index contributed by atoms with van der Waals surface area (Å²) < 4.78 is 4.69. The Labute approximate surface area is 122 Å². The molecular weight excluding hydrogens is 278 g/mol. The van der Waals surface area contributed by atoms with E-state index in [1.165, 1.54) is 11.3 Å². The third-order valence-corrected chi connectivity index (χ3v) is 3.17. The van der Waals surface area contributed by atoms with Gasteiger partial charge < -0.3 is 15.4 Å². The quantitative estimate of drug-likeness (QED) is 0.875. The molecule has 1 rings (SSSR count). The molecule has 0 aliphatic heterocycles. The summed E-state index contributed by atoms with van der Waals surface area (Å²) in [5, 5.41) is 7.72. The molecule has 7 heteroatoms. The van der Waals surface area contributed by atoms with Gasteiger partial charge in [-0.25, -0.2) is 9.78 Å². The second kappa shape index (κ2) is 7.23. The van der Waals surface area contributed by atoms with Crippen LogP contribution in [0, 0.1) is 0 Å². The molecule has 0 radical (unpaired) electrons. The van der Waals surface area contributed by atoms with Crippen LogP contribution in [0.2, 0.25) is 0 Å². The minimum atomic E-state index is -0.510. The maximum absolute atomic E-state index is 11.7. The highest BCUT2D eigenvalue weighted by Crippen LogP contribution is 2.26. The van der Waals surface area contributed by atoms with Crippen LogP contribution in [0.1, 0.15) is 39.8 Å². The van der Waals surface area contributed by atoms with Gasteiger partial charge >= 0.3 is 6.09 Å². The van der Waals surface area contributed by atoms with Crippen molar-refractivity contribution in [3.8, 4) is 0 Å². The molecule has 0 bridgehead atoms. The number of amides is 2. The molecule has 0 aliphatic carbocycles. The maximum Gasteiger partial charge on any atom is 0.407 e. The average Bonchev–Trinajstić information content (AvgIpc) is 2.77. The molecular formula is C13H21N3O3S. The maximum atomic E-state index is 11.7. The van der Waals surface area contributed by atoms with Crippen LogP contribution in [-0.2, 0) is 14.9 Å². The lowest BCUT2D eigenvalue weighted by molar-refractivity contribution is -0.116. The number of hydrogen-bond donors (Lipinski definition) is 2. The molecule has 0 saturated carbocycles. The molecule has 6 nitrogen and oxygen atoms in total. The van der Waals surface area contributed by atoms with E-state index in [1.54, 1.807) is 6.92 Å². The van der Waals surface area contributed by atoms with Crippen molar-refractivity contribution < 1.29 is 14.3 Å². The van der Waals surface area contributed by atoms with Crippen LogP contribution in [-0.4, -0.2) is 30.1 Å². The van der Waals surface area contributed by atoms with Crippen LogP contribution >= 0.6 is 11.3 Å². The van der Waals surface area contributed by atoms with Crippen molar-refractivity contribution in [3.63, 3.8) is 0 Å². The lowest BCUT2D eigenvalue weighted by Gasteiger charge is -2.14. The fourth-order valence-electron chi connectivity index (χ4n) is 1.32. The van der Waals surface area contributed by atoms with E-state index in [9.17, 15) is 9.59 Å². The highest BCUT2D eigenvalue weighted by atomic mass is 32.1. The van der Waals surface area contributed by atoms with Crippen molar-refractivity contribution in [2.45, 2.75) is 39.5 Å². The largest absolute Gasteiger partial charge is 0.450 e. The van der Waals surface area contributed by atoms with Gasteiger partial charge in [-0.3, -0.25) is 4.79 Å². The van der Waals surface area contributed by atoms with E-state index in [4.69, 9.17) is 4.74 Å². The Hall–Kier alpha value is -1.63. The summed E-state index contributed by atoms with van der Waals surface area (Å²) >= 11 is 1.40. The molecule has 0 saturated heterocycles. The lowest BCUT2D eigenvalue weighted by atomic mass is 9.93. The van der Waals surface area contributed by atoms with Gasteiger partial charge in [0, 0.05) is 23.8 Å². The minimum Gasteiger partial charge on any atom is -0.450 e. The lowest BCUT2D eigenvalue weighted by Crippen LogP contribution is -2.28. The summed E-state index contributed by atoms with van der Waals surface area (Å²) in [7, 11) is 0. The highest BCUT2D eigenvalue weighted by Gasteiger charge is 2.18. The van der Waals surface area contributed by atoms with Crippen LogP contribution in [0.25, 0.3) is 0 Å². The van der Waals surface area contributed by atoms with E-state index in [0.717, 1.165) is 5.69 Å². The van der Waals surface area contributed by atoms with Gasteiger partial charge in [-0.15, -0.1) is 11.3 Å². The predicted octanol–water partition coefficient (Wildman–Crippen LogP) is 2.52. The van der Waals surface area contributed by atoms with Crippen LogP contribution in [0.4, 0.5) is 9.93 Å². The van der Waals surface area contributed by atoms with Crippen molar-refractivity contribution in [2.75, 3.05) is 18.5 Å². The van der Waals surface area contributed by atoms with E-state index in [-0.39, 0.29) is 24.3 Å². The number of alkyl carbamates (subject to hydrolysis) is 1. The van der Waals surface area contributed by atoms with Gasteiger partial charge in [0.2, 0.25) is 5.91 Å². The number of anilines is 1. The normalized spacial score (nSPS) is 11.0. The highest BCUT2D eigenvalue weighted by molar-refractivity contribution is 7.13. The van der Waals surface area contributed by atoms with Gasteiger partial charge in [-0.1, -0.05) is 20.8 Å². The van der Waals surface area contributed by atoms with Crippen molar-refractivity contribution in [2.24, 2.45) is 0 Å². The average molecular weight is 299 g/mol. The van der Waals surface area contributed by atoms with E-state index < -0.39 is 6.09 Å². The Morgan fingerprint density at radius 3 is 2.65 bits per heavy atom. The first kappa shape index (κ1) is 16.4. The zero-order valence-corrected chi connectivity index (χ0v) is 13.1. The van der Waals surface area contributed by atoms with E-state index in [1.807, 2.05) is 5.38 Å². The first-order valence-corrected chi connectivity index (χ1v) is 7.37. The SMILES string of the molecule is CCOC(=O)NCCC(=O)Nc1nc(C(C)(C)C)cs1. The Morgan fingerprint density at radius 1 is 1.40 bits per heavy atom. The summed E-state index contributed by atoms with van der Waals surface area (Å²) in [6.07, 6.45) is -0.326. The molecule has 2 N–H and O–H groups in total. The Kier molecular flexibility index (Phi) is 5.94. The standard InChI is InChI=1S/C13H21N3O3S/c1-5-19-12(18)14-7-6-10(17)16-11-15-9(8-20-11)13(2,3)4/h8H,5-7H2,1-4H3,(H,14,18)(H,15,16,17). The van der Waals surface area contributed by atoms with Crippen molar-refractivity contribution in [1.29, 1.82) is 0 Å². The molecule has 1 aromatic heterocycles. The second-order valence-electron chi connectivity index (χ2n) is 5.23. The molecule has 0 unspecified atom stereocenters. The molecule has 0 aliphatic rings. The van der Waals surface area contributed by atoms with Gasteiger partial charge in [-0.05, 0) is 6.92 Å². The van der Waals surface area contributed by atoms with Gasteiger partial charge in [-0.2, -0.15) is 0 Å². The Morgan fingerprint density at radius 2 is 2.10 bits per heavy atom. The van der Waals surface area contributed by atoms with Crippen LogP contribution < -0.4 is 10.6 Å². The summed E-state index contributed by atoms with van der Waals surface area (Å²) in [6.45, 7) is 8.47. The number of ether oxygens (including phenoxy) is 1. The van der Waals surface area contributed by atoms with Gasteiger partial charge in [0.1, 0.15) is 0 Å². The smallest absolute Gasteiger partial charge is 0.407 e. The summed E-state index contributed by atoms with van der Waals surface area (Å²) in [6, 6.07) is 0. The molecule has 0 atom stereocenters. The molecule has 1 heterocycles. The summed E-state index contributed by atoms with van der Waals surface area (Å²) in [5.41, 5.74) is 0.910. The molecule has 0 fully saturated rings. The number of carbonyl (C=O) groups is 2. The third-order valence-electron chi connectivity index (χ3n) is 2.42. The zero-order chi connectivity index (χ0) is 15.2. The number of thiazole rings is 1. The van der Waals surface area contributed by atoms with E-state index in [2.05, 4.69) is 36.4 Å². The molecule has 2 amide bonds. The number of nitrogens with zero attached hydrogens (tertiary/aromatic N) is 1. The van der Waals surface area contributed by atoms with Crippen molar-refractivity contribution >= 4 is 28.5 Å². The molecule has 0 aromatic carbocycles.